The van der Waals surface area contributed by atoms with Gasteiger partial charge < -0.3 is 19.1 Å². The summed E-state index contributed by atoms with van der Waals surface area (Å²) in [7, 11) is 0. The summed E-state index contributed by atoms with van der Waals surface area (Å²) in [6.45, 7) is 7.37. The van der Waals surface area contributed by atoms with Crippen LogP contribution in [0.2, 0.25) is 0 Å². The smallest absolute Gasteiger partial charge is 0.229 e. The number of nitrogens with zero attached hydrogens (tertiary/aromatic N) is 4. The van der Waals surface area contributed by atoms with Crippen LogP contribution < -0.4 is 9.64 Å². The van der Waals surface area contributed by atoms with Crippen LogP contribution in [0.5, 0.6) is 5.88 Å². The Bertz CT molecular complexity index is 957. The predicted octanol–water partition coefficient (Wildman–Crippen LogP) is 2.01. The Morgan fingerprint density at radius 1 is 1.00 bits per heavy atom. The van der Waals surface area contributed by atoms with Crippen LogP contribution in [0, 0.1) is 5.92 Å². The molecule has 0 bridgehead atoms. The summed E-state index contributed by atoms with van der Waals surface area (Å²) in [5, 5.41) is 0. The molecule has 176 valence electrons. The second kappa shape index (κ2) is 10.6. The summed E-state index contributed by atoms with van der Waals surface area (Å²) < 4.78 is 16.9. The van der Waals surface area contributed by atoms with Crippen molar-refractivity contribution in [3.63, 3.8) is 0 Å². The maximum absolute atomic E-state index is 13.5. The van der Waals surface area contributed by atoms with Crippen molar-refractivity contribution in [3.8, 4) is 5.88 Å². The van der Waals surface area contributed by atoms with Crippen LogP contribution in [0.3, 0.4) is 0 Å². The first-order chi connectivity index (χ1) is 16.3. The van der Waals surface area contributed by atoms with Crippen LogP contribution in [-0.4, -0.2) is 86.4 Å². The summed E-state index contributed by atoms with van der Waals surface area (Å²) in [6.07, 6.45) is 2.54. The number of benzene rings is 1. The van der Waals surface area contributed by atoms with Crippen molar-refractivity contribution in [2.45, 2.75) is 19.3 Å². The van der Waals surface area contributed by atoms with E-state index in [1.54, 1.807) is 6.07 Å². The lowest BCUT2D eigenvalue weighted by atomic mass is 9.81. The van der Waals surface area contributed by atoms with Gasteiger partial charge in [0.15, 0.2) is 5.78 Å². The lowest BCUT2D eigenvalue weighted by Gasteiger charge is -2.28. The van der Waals surface area contributed by atoms with Gasteiger partial charge in [0, 0.05) is 44.7 Å². The van der Waals surface area contributed by atoms with Gasteiger partial charge in [0.1, 0.15) is 12.3 Å². The zero-order chi connectivity index (χ0) is 22.5. The maximum Gasteiger partial charge on any atom is 0.229 e. The Balaban J connectivity index is 1.32. The molecule has 2 fully saturated rings. The van der Waals surface area contributed by atoms with Crippen LogP contribution in [0.25, 0.3) is 0 Å². The van der Waals surface area contributed by atoms with E-state index in [0.29, 0.717) is 50.4 Å². The number of aromatic nitrogens is 2. The molecule has 0 radical (unpaired) electrons. The molecule has 1 aromatic carbocycles. The first kappa shape index (κ1) is 22.3. The SMILES string of the molecule is O=C(c1cc(OCCN2CCOCC2)nc(N2CCOCC2)n1)C1CCc2ccccc2C1. The van der Waals surface area contributed by atoms with Crippen LogP contribution >= 0.6 is 0 Å². The highest BCUT2D eigenvalue weighted by molar-refractivity contribution is 5.97. The quantitative estimate of drug-likeness (QED) is 0.591. The van der Waals surface area contributed by atoms with Crippen LogP contribution in [-0.2, 0) is 22.3 Å². The maximum atomic E-state index is 13.5. The van der Waals surface area contributed by atoms with Crippen molar-refractivity contribution in [1.82, 2.24) is 14.9 Å². The van der Waals surface area contributed by atoms with Crippen molar-refractivity contribution >= 4 is 11.7 Å². The van der Waals surface area contributed by atoms with E-state index in [4.69, 9.17) is 14.2 Å². The summed E-state index contributed by atoms with van der Waals surface area (Å²) in [5.41, 5.74) is 3.08. The van der Waals surface area contributed by atoms with Gasteiger partial charge in [0.25, 0.3) is 0 Å². The summed E-state index contributed by atoms with van der Waals surface area (Å²) >= 11 is 0. The minimum absolute atomic E-state index is 0.0615. The van der Waals surface area contributed by atoms with E-state index in [0.717, 1.165) is 52.1 Å². The number of fused-ring (bicyclic) bond motifs is 1. The van der Waals surface area contributed by atoms with Gasteiger partial charge in [0.05, 0.1) is 26.4 Å². The third-order valence-electron chi connectivity index (χ3n) is 6.72. The molecule has 3 heterocycles. The first-order valence-electron chi connectivity index (χ1n) is 12.0. The molecule has 2 saturated heterocycles. The predicted molar refractivity (Wildman–Crippen MR) is 124 cm³/mol. The van der Waals surface area contributed by atoms with Gasteiger partial charge in [-0.2, -0.15) is 4.98 Å². The summed E-state index contributed by atoms with van der Waals surface area (Å²) in [5.74, 6) is 1.05. The molecule has 8 heteroatoms. The number of carbonyl (C=O) groups excluding carboxylic acids is 1. The first-order valence-corrected chi connectivity index (χ1v) is 12.0. The van der Waals surface area contributed by atoms with Gasteiger partial charge in [-0.15, -0.1) is 0 Å². The zero-order valence-corrected chi connectivity index (χ0v) is 19.1. The molecule has 1 aromatic heterocycles. The second-order valence-corrected chi connectivity index (χ2v) is 8.87. The van der Waals surface area contributed by atoms with E-state index in [1.165, 1.54) is 11.1 Å². The molecule has 8 nitrogen and oxygen atoms in total. The van der Waals surface area contributed by atoms with Gasteiger partial charge in [0.2, 0.25) is 11.8 Å². The van der Waals surface area contributed by atoms with E-state index < -0.39 is 0 Å². The highest BCUT2D eigenvalue weighted by Gasteiger charge is 2.28. The van der Waals surface area contributed by atoms with Gasteiger partial charge in [-0.25, -0.2) is 4.98 Å². The van der Waals surface area contributed by atoms with Crippen molar-refractivity contribution in [3.05, 3.63) is 47.2 Å². The third kappa shape index (κ3) is 5.51. The number of morpholine rings is 2. The average molecular weight is 453 g/mol. The minimum Gasteiger partial charge on any atom is -0.476 e. The molecule has 2 aromatic rings. The largest absolute Gasteiger partial charge is 0.476 e. The fourth-order valence-corrected chi connectivity index (χ4v) is 4.75. The van der Waals surface area contributed by atoms with Crippen LogP contribution in [0.4, 0.5) is 5.95 Å². The van der Waals surface area contributed by atoms with E-state index in [1.807, 2.05) is 6.07 Å². The molecule has 2 aliphatic heterocycles. The number of hydrogen-bond acceptors (Lipinski definition) is 8. The molecule has 0 N–H and O–H groups in total. The number of ketones is 1. The molecule has 3 aliphatic rings. The van der Waals surface area contributed by atoms with Crippen molar-refractivity contribution in [2.24, 2.45) is 5.92 Å². The summed E-state index contributed by atoms with van der Waals surface area (Å²) in [4.78, 5) is 27.2. The Morgan fingerprint density at radius 3 is 2.52 bits per heavy atom. The molecule has 0 spiro atoms. The van der Waals surface area contributed by atoms with Crippen molar-refractivity contribution < 1.29 is 19.0 Å². The number of hydrogen-bond donors (Lipinski definition) is 0. The minimum atomic E-state index is -0.0615. The van der Waals surface area contributed by atoms with Crippen molar-refractivity contribution in [1.29, 1.82) is 0 Å². The normalized spacial score (nSPS) is 21.5. The molecule has 0 saturated carbocycles. The van der Waals surface area contributed by atoms with Crippen LogP contribution in [0.1, 0.15) is 28.0 Å². The fourth-order valence-electron chi connectivity index (χ4n) is 4.75. The van der Waals surface area contributed by atoms with Gasteiger partial charge in [-0.3, -0.25) is 9.69 Å². The highest BCUT2D eigenvalue weighted by atomic mass is 16.5. The number of Topliss-reactive ketones (excluding diaryl/α,β-unsaturated/α-hetero) is 1. The lowest BCUT2D eigenvalue weighted by molar-refractivity contribution is 0.0320. The van der Waals surface area contributed by atoms with E-state index in [9.17, 15) is 4.79 Å². The summed E-state index contributed by atoms with van der Waals surface area (Å²) in [6, 6.07) is 10.1. The van der Waals surface area contributed by atoms with Gasteiger partial charge in [-0.05, 0) is 30.4 Å². The molecule has 1 aliphatic carbocycles. The Hall–Kier alpha value is -2.55. The topological polar surface area (TPSA) is 77.0 Å². The number of rotatable bonds is 7. The van der Waals surface area contributed by atoms with Crippen molar-refractivity contribution in [2.75, 3.05) is 70.7 Å². The lowest BCUT2D eigenvalue weighted by Crippen LogP contribution is -2.39. The van der Waals surface area contributed by atoms with Gasteiger partial charge in [-0.1, -0.05) is 24.3 Å². The number of carbonyl (C=O) groups is 1. The highest BCUT2D eigenvalue weighted by Crippen LogP contribution is 2.29. The molecule has 1 atom stereocenters. The Labute approximate surface area is 194 Å². The monoisotopic (exact) mass is 452 g/mol. The number of anilines is 1. The van der Waals surface area contributed by atoms with Gasteiger partial charge >= 0.3 is 0 Å². The second-order valence-electron chi connectivity index (χ2n) is 8.87. The standard InChI is InChI=1S/C25H32N4O4/c30-24(21-6-5-19-3-1-2-4-20(19)17-21)22-18-23(33-16-9-28-7-12-31-13-8-28)27-25(26-22)29-10-14-32-15-11-29/h1-4,18,21H,5-17H2. The third-order valence-corrected chi connectivity index (χ3v) is 6.72. The number of aryl methyl sites for hydroxylation is 1. The van der Waals surface area contributed by atoms with E-state index >= 15 is 0 Å². The average Bonchev–Trinajstić information content (AvgIpc) is 2.89. The molecular formula is C25H32N4O4. The molecule has 0 amide bonds. The zero-order valence-electron chi connectivity index (χ0n) is 19.1. The number of ether oxygens (including phenoxy) is 3. The Kier molecular flexibility index (Phi) is 7.14. The Morgan fingerprint density at radius 2 is 1.73 bits per heavy atom. The molecule has 33 heavy (non-hydrogen) atoms. The van der Waals surface area contributed by atoms with E-state index in [2.05, 4.69) is 38.0 Å². The van der Waals surface area contributed by atoms with Crippen LogP contribution in [0.15, 0.2) is 30.3 Å². The molecule has 5 rings (SSSR count). The molecule has 1 unspecified atom stereocenters. The molecular weight excluding hydrogens is 420 g/mol. The van der Waals surface area contributed by atoms with E-state index in [-0.39, 0.29) is 11.7 Å². The fraction of sp³-hybridized carbons (Fsp3) is 0.560.